The van der Waals surface area contributed by atoms with Crippen LogP contribution < -0.4 is 9.47 Å². The van der Waals surface area contributed by atoms with Crippen LogP contribution in [0.2, 0.25) is 0 Å². The number of carbonyl (C=O) groups excluding carboxylic acids is 1. The third kappa shape index (κ3) is 4.51. The Morgan fingerprint density at radius 2 is 1.47 bits per heavy atom. The van der Waals surface area contributed by atoms with Crippen molar-refractivity contribution in [3.63, 3.8) is 0 Å². The molecule has 0 amide bonds. The summed E-state index contributed by atoms with van der Waals surface area (Å²) in [6, 6.07) is 14.3. The molecule has 30 heavy (non-hydrogen) atoms. The molecule has 2 saturated carbocycles. The summed E-state index contributed by atoms with van der Waals surface area (Å²) in [4.78, 5) is 13.1. The number of methoxy groups -OCH3 is 2. The summed E-state index contributed by atoms with van der Waals surface area (Å²) in [5.74, 6) is 2.24. The number of hydrogen-bond acceptors (Lipinski definition) is 3. The monoisotopic (exact) mass is 402 g/mol. The van der Waals surface area contributed by atoms with E-state index in [1.54, 1.807) is 14.2 Å². The van der Waals surface area contributed by atoms with E-state index in [9.17, 15) is 4.79 Å². The van der Waals surface area contributed by atoms with E-state index in [-0.39, 0.29) is 5.78 Å². The van der Waals surface area contributed by atoms with Crippen LogP contribution in [0.4, 0.5) is 0 Å². The lowest BCUT2D eigenvalue weighted by atomic mass is 9.82. The molecule has 0 bridgehead atoms. The Kier molecular flexibility index (Phi) is 6.37. The van der Waals surface area contributed by atoms with Crippen molar-refractivity contribution in [3.05, 3.63) is 70.3 Å². The van der Waals surface area contributed by atoms with Gasteiger partial charge in [-0.25, -0.2) is 0 Å². The topological polar surface area (TPSA) is 35.5 Å². The molecule has 0 heterocycles. The number of allylic oxidation sites excluding steroid dienone is 2. The van der Waals surface area contributed by atoms with Gasteiger partial charge in [-0.2, -0.15) is 0 Å². The largest absolute Gasteiger partial charge is 0.497 e. The van der Waals surface area contributed by atoms with Gasteiger partial charge in [0, 0.05) is 17.2 Å². The molecule has 0 unspecified atom stereocenters. The Morgan fingerprint density at radius 3 is 2.13 bits per heavy atom. The Bertz CT molecular complexity index is 955. The van der Waals surface area contributed by atoms with Crippen LogP contribution in [-0.2, 0) is 4.79 Å². The highest BCUT2D eigenvalue weighted by atomic mass is 16.5. The summed E-state index contributed by atoms with van der Waals surface area (Å²) in [6.07, 6.45) is 12.2. The maximum absolute atomic E-state index is 13.1. The molecule has 2 fully saturated rings. The predicted octanol–water partition coefficient (Wildman–Crippen LogP) is 6.58. The molecule has 2 aliphatic rings. The zero-order chi connectivity index (χ0) is 20.9. The molecule has 0 radical (unpaired) electrons. The van der Waals surface area contributed by atoms with Crippen molar-refractivity contribution in [1.29, 1.82) is 0 Å². The number of rotatable bonds is 5. The van der Waals surface area contributed by atoms with Crippen molar-refractivity contribution < 1.29 is 14.3 Å². The van der Waals surface area contributed by atoms with Gasteiger partial charge >= 0.3 is 0 Å². The standard InChI is InChI=1S/C27H30O3/c1-29-24-15-19(16-25(18-24)30-2)14-22-12-13-23(27(22)28)17-21-10-6-7-11-26(21)20-8-4-3-5-9-20/h6-7,10-11,14-18,20H,3-5,8-9,12-13H2,1-2H3/b22-14+,23-17+. The van der Waals surface area contributed by atoms with Gasteiger partial charge in [0.05, 0.1) is 14.2 Å². The van der Waals surface area contributed by atoms with Crippen LogP contribution in [-0.4, -0.2) is 20.0 Å². The molecule has 0 aliphatic heterocycles. The minimum Gasteiger partial charge on any atom is -0.497 e. The molecule has 2 aliphatic carbocycles. The first kappa shape index (κ1) is 20.5. The zero-order valence-corrected chi connectivity index (χ0v) is 17.9. The number of ketones is 1. The van der Waals surface area contributed by atoms with E-state index in [0.717, 1.165) is 41.1 Å². The van der Waals surface area contributed by atoms with Gasteiger partial charge in [0.25, 0.3) is 0 Å². The molecule has 2 aromatic carbocycles. The Hall–Kier alpha value is -2.81. The quantitative estimate of drug-likeness (QED) is 0.530. The maximum Gasteiger partial charge on any atom is 0.185 e. The fourth-order valence-corrected chi connectivity index (χ4v) is 4.71. The fourth-order valence-electron chi connectivity index (χ4n) is 4.71. The molecule has 2 aromatic rings. The Labute approximate surface area is 179 Å². The molecule has 0 N–H and O–H groups in total. The average molecular weight is 403 g/mol. The summed E-state index contributed by atoms with van der Waals surface area (Å²) in [7, 11) is 3.27. The van der Waals surface area contributed by atoms with Crippen molar-refractivity contribution >= 4 is 17.9 Å². The van der Waals surface area contributed by atoms with E-state index >= 15 is 0 Å². The molecule has 0 aromatic heterocycles. The van der Waals surface area contributed by atoms with E-state index in [1.165, 1.54) is 43.2 Å². The van der Waals surface area contributed by atoms with Gasteiger partial charge in [-0.15, -0.1) is 0 Å². The highest BCUT2D eigenvalue weighted by Crippen LogP contribution is 2.37. The molecule has 4 rings (SSSR count). The average Bonchev–Trinajstić information content (AvgIpc) is 3.13. The Morgan fingerprint density at radius 1 is 0.833 bits per heavy atom. The summed E-state index contributed by atoms with van der Waals surface area (Å²) in [6.45, 7) is 0. The van der Waals surface area contributed by atoms with E-state index < -0.39 is 0 Å². The van der Waals surface area contributed by atoms with Crippen molar-refractivity contribution in [1.82, 2.24) is 0 Å². The molecule has 3 nitrogen and oxygen atoms in total. The van der Waals surface area contributed by atoms with Crippen LogP contribution in [0, 0.1) is 0 Å². The van der Waals surface area contributed by atoms with Gasteiger partial charge in [-0.3, -0.25) is 4.79 Å². The van der Waals surface area contributed by atoms with Crippen molar-refractivity contribution in [2.75, 3.05) is 14.2 Å². The Balaban J connectivity index is 1.60. The first-order valence-electron chi connectivity index (χ1n) is 11.0. The highest BCUT2D eigenvalue weighted by molar-refractivity contribution is 6.15. The van der Waals surface area contributed by atoms with Gasteiger partial charge in [0.2, 0.25) is 0 Å². The third-order valence-electron chi connectivity index (χ3n) is 6.33. The molecule has 156 valence electrons. The SMILES string of the molecule is COc1cc(/C=C2\CC/C(=C\c3ccccc3C3CCCCC3)C2=O)cc(OC)c1. The van der Waals surface area contributed by atoms with Gasteiger partial charge < -0.3 is 9.47 Å². The van der Waals surface area contributed by atoms with Crippen molar-refractivity contribution in [3.8, 4) is 11.5 Å². The van der Waals surface area contributed by atoms with E-state index in [2.05, 4.69) is 30.3 Å². The molecular weight excluding hydrogens is 372 g/mol. The van der Waals surface area contributed by atoms with Crippen LogP contribution in [0.15, 0.2) is 53.6 Å². The van der Waals surface area contributed by atoms with Gasteiger partial charge in [-0.05, 0) is 72.6 Å². The second-order valence-electron chi connectivity index (χ2n) is 8.28. The van der Waals surface area contributed by atoms with Crippen LogP contribution >= 0.6 is 0 Å². The lowest BCUT2D eigenvalue weighted by Crippen LogP contribution is -2.06. The van der Waals surface area contributed by atoms with Crippen LogP contribution in [0.3, 0.4) is 0 Å². The third-order valence-corrected chi connectivity index (χ3v) is 6.33. The van der Waals surface area contributed by atoms with E-state index in [4.69, 9.17) is 9.47 Å². The lowest BCUT2D eigenvalue weighted by Gasteiger charge is -2.23. The van der Waals surface area contributed by atoms with Gasteiger partial charge in [-0.1, -0.05) is 43.5 Å². The number of carbonyl (C=O) groups is 1. The predicted molar refractivity (Wildman–Crippen MR) is 122 cm³/mol. The maximum atomic E-state index is 13.1. The highest BCUT2D eigenvalue weighted by Gasteiger charge is 2.24. The second-order valence-corrected chi connectivity index (χ2v) is 8.28. The summed E-state index contributed by atoms with van der Waals surface area (Å²) in [5.41, 5.74) is 5.33. The lowest BCUT2D eigenvalue weighted by molar-refractivity contribution is -0.111. The molecule has 0 spiro atoms. The first-order chi connectivity index (χ1) is 14.7. The van der Waals surface area contributed by atoms with Crippen LogP contribution in [0.5, 0.6) is 11.5 Å². The molecule has 0 atom stereocenters. The minimum absolute atomic E-state index is 0.162. The first-order valence-corrected chi connectivity index (χ1v) is 11.0. The van der Waals surface area contributed by atoms with E-state index in [1.807, 2.05) is 24.3 Å². The number of hydrogen-bond donors (Lipinski definition) is 0. The van der Waals surface area contributed by atoms with Crippen molar-refractivity contribution in [2.45, 2.75) is 50.9 Å². The molecule has 3 heteroatoms. The summed E-state index contributed by atoms with van der Waals surface area (Å²) in [5, 5.41) is 0. The van der Waals surface area contributed by atoms with Crippen LogP contribution in [0.1, 0.15) is 67.6 Å². The minimum atomic E-state index is 0.162. The normalized spacial score (nSPS) is 20.1. The zero-order valence-electron chi connectivity index (χ0n) is 17.9. The smallest absolute Gasteiger partial charge is 0.185 e. The van der Waals surface area contributed by atoms with Crippen molar-refractivity contribution in [2.24, 2.45) is 0 Å². The molecule has 0 saturated heterocycles. The fraction of sp³-hybridized carbons (Fsp3) is 0.370. The summed E-state index contributed by atoms with van der Waals surface area (Å²) >= 11 is 0. The van der Waals surface area contributed by atoms with Crippen LogP contribution in [0.25, 0.3) is 12.2 Å². The second kappa shape index (κ2) is 9.34. The number of ether oxygens (including phenoxy) is 2. The number of Topliss-reactive ketones (excluding diaryl/α,β-unsaturated/α-hetero) is 1. The molecular formula is C27H30O3. The van der Waals surface area contributed by atoms with E-state index in [0.29, 0.717) is 5.92 Å². The number of benzene rings is 2. The van der Waals surface area contributed by atoms with Gasteiger partial charge in [0.1, 0.15) is 11.5 Å². The van der Waals surface area contributed by atoms with Gasteiger partial charge in [0.15, 0.2) is 5.78 Å². The summed E-state index contributed by atoms with van der Waals surface area (Å²) < 4.78 is 10.7.